The number of thioether (sulfide) groups is 1. The van der Waals surface area contributed by atoms with Gasteiger partial charge in [-0.25, -0.2) is 0 Å². The number of amides is 1. The summed E-state index contributed by atoms with van der Waals surface area (Å²) in [5.74, 6) is 6.39. The van der Waals surface area contributed by atoms with Crippen LogP contribution in [0.4, 0.5) is 0 Å². The summed E-state index contributed by atoms with van der Waals surface area (Å²) in [4.78, 5) is 15.1. The first-order valence-electron chi connectivity index (χ1n) is 11.6. The van der Waals surface area contributed by atoms with Gasteiger partial charge in [0, 0.05) is 30.1 Å². The third kappa shape index (κ3) is 6.79. The minimum atomic E-state index is 0.0153. The number of fused-ring (bicyclic) bond motifs is 1. The largest absolute Gasteiger partial charge is 0.489 e. The van der Waals surface area contributed by atoms with Crippen LogP contribution in [-0.2, 0) is 17.8 Å². The molecule has 0 saturated heterocycles. The highest BCUT2D eigenvalue weighted by atomic mass is 35.5. The van der Waals surface area contributed by atoms with Gasteiger partial charge < -0.3 is 25.9 Å². The zero-order valence-electron chi connectivity index (χ0n) is 20.4. The monoisotopic (exact) mass is 516 g/mol. The number of nitrogens with one attached hydrogen (secondary N) is 1. The molecule has 35 heavy (non-hydrogen) atoms. The van der Waals surface area contributed by atoms with Crippen LogP contribution in [0, 0.1) is 6.92 Å². The Labute approximate surface area is 216 Å². The molecule has 1 heterocycles. The summed E-state index contributed by atoms with van der Waals surface area (Å²) in [6, 6.07) is 9.62. The van der Waals surface area contributed by atoms with Gasteiger partial charge in [0.25, 0.3) is 0 Å². The zero-order chi connectivity index (χ0) is 25.5. The lowest BCUT2D eigenvalue weighted by atomic mass is 9.91. The molecule has 0 bridgehead atoms. The van der Waals surface area contributed by atoms with E-state index in [9.17, 15) is 4.79 Å². The Bertz CT molecular complexity index is 1120. The van der Waals surface area contributed by atoms with Gasteiger partial charge in [-0.15, -0.1) is 0 Å². The number of nitrogens with two attached hydrogens (primary N) is 1. The topological polar surface area (TPSA) is 100 Å². The van der Waals surface area contributed by atoms with Crippen molar-refractivity contribution in [2.45, 2.75) is 39.8 Å². The van der Waals surface area contributed by atoms with Crippen molar-refractivity contribution in [3.63, 3.8) is 0 Å². The molecular weight excluding hydrogens is 484 g/mol. The molecule has 2 aromatic carbocycles. The van der Waals surface area contributed by atoms with E-state index in [-0.39, 0.29) is 25.2 Å². The Morgan fingerprint density at radius 1 is 1.37 bits per heavy atom. The standard InChI is InChI=1S/C26H33ClN4O3S/c1-16(2)34-24-8-6-19(13-23(24)27)26(30-28)35-18(4)21-7-5-20-15-31(11-9-22(20)17(21)3)25(33)14-29-10-12-32/h5-8,13,16,29,32H,4,9-12,14-15,28H2,1-3H3/b30-26-. The summed E-state index contributed by atoms with van der Waals surface area (Å²) >= 11 is 7.81. The van der Waals surface area contributed by atoms with Crippen molar-refractivity contribution in [1.29, 1.82) is 0 Å². The molecule has 2 aromatic rings. The highest BCUT2D eigenvalue weighted by Gasteiger charge is 2.23. The van der Waals surface area contributed by atoms with E-state index in [2.05, 4.69) is 30.0 Å². The summed E-state index contributed by atoms with van der Waals surface area (Å²) in [5, 5.41) is 16.9. The summed E-state index contributed by atoms with van der Waals surface area (Å²) in [7, 11) is 0. The maximum Gasteiger partial charge on any atom is 0.236 e. The number of rotatable bonds is 9. The third-order valence-electron chi connectivity index (χ3n) is 5.78. The number of benzene rings is 2. The summed E-state index contributed by atoms with van der Waals surface area (Å²) in [6.45, 7) is 12.2. The summed E-state index contributed by atoms with van der Waals surface area (Å²) in [6.07, 6.45) is 0.805. The average molecular weight is 517 g/mol. The molecule has 1 amide bonds. The number of nitrogens with zero attached hydrogens (tertiary/aromatic N) is 2. The first-order valence-corrected chi connectivity index (χ1v) is 12.8. The Morgan fingerprint density at radius 2 is 2.14 bits per heavy atom. The highest BCUT2D eigenvalue weighted by Crippen LogP contribution is 2.36. The molecule has 0 fully saturated rings. The lowest BCUT2D eigenvalue weighted by Crippen LogP contribution is -2.41. The predicted octanol–water partition coefficient (Wildman–Crippen LogP) is 3.93. The van der Waals surface area contributed by atoms with Gasteiger partial charge in [-0.05, 0) is 67.6 Å². The molecule has 4 N–H and O–H groups in total. The van der Waals surface area contributed by atoms with E-state index in [1.807, 2.05) is 36.9 Å². The number of ether oxygens (including phenoxy) is 1. The second-order valence-electron chi connectivity index (χ2n) is 8.61. The molecule has 0 aromatic heterocycles. The van der Waals surface area contributed by atoms with Crippen molar-refractivity contribution in [1.82, 2.24) is 10.2 Å². The molecule has 1 aliphatic rings. The number of aliphatic hydroxyl groups is 1. The number of hydrazone groups is 1. The molecule has 1 aliphatic heterocycles. The zero-order valence-corrected chi connectivity index (χ0v) is 22.0. The summed E-state index contributed by atoms with van der Waals surface area (Å²) in [5.41, 5.74) is 5.37. The molecule has 0 unspecified atom stereocenters. The van der Waals surface area contributed by atoms with E-state index in [1.54, 1.807) is 6.07 Å². The van der Waals surface area contributed by atoms with Crippen LogP contribution in [0.15, 0.2) is 42.0 Å². The van der Waals surface area contributed by atoms with Gasteiger partial charge in [0.2, 0.25) is 5.91 Å². The van der Waals surface area contributed by atoms with Crippen LogP contribution in [0.5, 0.6) is 5.75 Å². The number of hydrogen-bond donors (Lipinski definition) is 3. The fourth-order valence-corrected chi connectivity index (χ4v) is 5.14. The van der Waals surface area contributed by atoms with E-state index in [1.165, 1.54) is 17.3 Å². The van der Waals surface area contributed by atoms with Crippen LogP contribution >= 0.6 is 23.4 Å². The van der Waals surface area contributed by atoms with E-state index in [0.29, 0.717) is 35.5 Å². The van der Waals surface area contributed by atoms with E-state index in [4.69, 9.17) is 27.3 Å². The normalized spacial score (nSPS) is 13.7. The van der Waals surface area contributed by atoms with Crippen molar-refractivity contribution in [2.24, 2.45) is 10.9 Å². The van der Waals surface area contributed by atoms with Crippen molar-refractivity contribution in [2.75, 3.05) is 26.2 Å². The number of halogens is 1. The molecule has 0 saturated carbocycles. The Morgan fingerprint density at radius 3 is 2.80 bits per heavy atom. The maximum atomic E-state index is 12.5. The second-order valence-corrected chi connectivity index (χ2v) is 10.1. The third-order valence-corrected chi connectivity index (χ3v) is 7.08. The van der Waals surface area contributed by atoms with E-state index >= 15 is 0 Å². The molecular formula is C26H33ClN4O3S. The number of hydrogen-bond acceptors (Lipinski definition) is 7. The van der Waals surface area contributed by atoms with Crippen LogP contribution in [0.25, 0.3) is 4.91 Å². The van der Waals surface area contributed by atoms with E-state index in [0.717, 1.165) is 33.6 Å². The van der Waals surface area contributed by atoms with Gasteiger partial charge in [-0.1, -0.05) is 42.1 Å². The van der Waals surface area contributed by atoms with Crippen LogP contribution in [0.1, 0.15) is 41.7 Å². The van der Waals surface area contributed by atoms with Gasteiger partial charge in [0.05, 0.1) is 24.3 Å². The Kier molecular flexibility index (Phi) is 9.63. The van der Waals surface area contributed by atoms with Gasteiger partial charge in [-0.2, -0.15) is 5.10 Å². The molecule has 0 atom stereocenters. The van der Waals surface area contributed by atoms with Crippen molar-refractivity contribution in [3.05, 3.63) is 69.8 Å². The lowest BCUT2D eigenvalue weighted by Gasteiger charge is -2.31. The van der Waals surface area contributed by atoms with Crippen molar-refractivity contribution in [3.8, 4) is 5.75 Å². The van der Waals surface area contributed by atoms with Gasteiger partial charge >= 0.3 is 0 Å². The molecule has 3 rings (SSSR count). The highest BCUT2D eigenvalue weighted by molar-refractivity contribution is 8.22. The maximum absolute atomic E-state index is 12.5. The first kappa shape index (κ1) is 27.1. The molecule has 7 nitrogen and oxygen atoms in total. The fraction of sp³-hybridized carbons (Fsp3) is 0.385. The minimum absolute atomic E-state index is 0.0153. The fourth-order valence-electron chi connectivity index (χ4n) is 4.06. The van der Waals surface area contributed by atoms with Crippen molar-refractivity contribution >= 4 is 39.2 Å². The van der Waals surface area contributed by atoms with E-state index < -0.39 is 0 Å². The first-order chi connectivity index (χ1) is 16.7. The van der Waals surface area contributed by atoms with Crippen LogP contribution in [0.3, 0.4) is 0 Å². The van der Waals surface area contributed by atoms with Crippen LogP contribution < -0.4 is 15.9 Å². The quantitative estimate of drug-likeness (QED) is 0.153. The van der Waals surface area contributed by atoms with Gasteiger partial charge in [0.1, 0.15) is 10.8 Å². The number of aliphatic hydroxyl groups excluding tert-OH is 1. The van der Waals surface area contributed by atoms with Gasteiger partial charge in [0.15, 0.2) is 0 Å². The molecule has 0 radical (unpaired) electrons. The lowest BCUT2D eigenvalue weighted by molar-refractivity contribution is -0.131. The smallest absolute Gasteiger partial charge is 0.236 e. The molecule has 9 heteroatoms. The number of carbonyl (C=O) groups is 1. The van der Waals surface area contributed by atoms with Gasteiger partial charge in [-0.3, -0.25) is 4.79 Å². The predicted molar refractivity (Wildman–Crippen MR) is 145 cm³/mol. The second kappa shape index (κ2) is 12.4. The molecule has 0 aliphatic carbocycles. The molecule has 188 valence electrons. The Hall–Kier alpha value is -2.52. The van der Waals surface area contributed by atoms with Crippen LogP contribution in [-0.4, -0.2) is 53.3 Å². The summed E-state index contributed by atoms with van der Waals surface area (Å²) < 4.78 is 5.71. The minimum Gasteiger partial charge on any atom is -0.489 e. The van der Waals surface area contributed by atoms with Crippen LogP contribution in [0.2, 0.25) is 5.02 Å². The SMILES string of the molecule is C=C(S/C(=N\N)c1ccc(OC(C)C)c(Cl)c1)c1ccc2c(c1C)CCN(C(=O)CNCCO)C2. The average Bonchev–Trinajstić information content (AvgIpc) is 2.83. The molecule has 0 spiro atoms. The number of carbonyl (C=O) groups excluding carboxylic acids is 1. The Balaban J connectivity index is 1.72. The van der Waals surface area contributed by atoms with Crippen molar-refractivity contribution < 1.29 is 14.6 Å².